The molecule has 0 saturated heterocycles. The number of nitrogens with one attached hydrogen (secondary N) is 1. The fourth-order valence-corrected chi connectivity index (χ4v) is 2.22. The second-order valence-electron chi connectivity index (χ2n) is 4.16. The first-order valence-corrected chi connectivity index (χ1v) is 6.04. The molecule has 3 nitrogen and oxygen atoms in total. The zero-order valence-corrected chi connectivity index (χ0v) is 9.78. The number of alkyl halides is 1. The van der Waals surface area contributed by atoms with E-state index in [1.165, 1.54) is 0 Å². The first-order valence-electron chi connectivity index (χ1n) is 5.60. The first-order chi connectivity index (χ1) is 7.75. The van der Waals surface area contributed by atoms with E-state index in [1.54, 1.807) is 24.5 Å². The minimum atomic E-state index is -0.0135. The first kappa shape index (κ1) is 11.4. The molecule has 1 aromatic rings. The van der Waals surface area contributed by atoms with Crippen molar-refractivity contribution in [3.63, 3.8) is 0 Å². The second-order valence-corrected chi connectivity index (χ2v) is 4.78. The van der Waals surface area contributed by atoms with Crippen LogP contribution in [0.5, 0.6) is 0 Å². The minimum absolute atomic E-state index is 0.0135. The van der Waals surface area contributed by atoms with Crippen LogP contribution in [0.25, 0.3) is 0 Å². The molecule has 1 fully saturated rings. The highest BCUT2D eigenvalue weighted by Crippen LogP contribution is 2.22. The lowest BCUT2D eigenvalue weighted by atomic mass is 9.95. The summed E-state index contributed by atoms with van der Waals surface area (Å²) in [6.07, 6.45) is 7.19. The summed E-state index contributed by atoms with van der Waals surface area (Å²) in [4.78, 5) is 15.7. The normalized spacial score (nSPS) is 25.1. The van der Waals surface area contributed by atoms with E-state index in [0.29, 0.717) is 5.56 Å². The van der Waals surface area contributed by atoms with Crippen LogP contribution in [0.15, 0.2) is 24.5 Å². The van der Waals surface area contributed by atoms with Crippen molar-refractivity contribution in [1.29, 1.82) is 0 Å². The van der Waals surface area contributed by atoms with E-state index in [2.05, 4.69) is 10.3 Å². The molecule has 4 heteroatoms. The number of carbonyl (C=O) groups is 1. The number of halogens is 1. The van der Waals surface area contributed by atoms with Crippen molar-refractivity contribution in [3.05, 3.63) is 30.1 Å². The maximum absolute atomic E-state index is 11.8. The van der Waals surface area contributed by atoms with Gasteiger partial charge in [0.25, 0.3) is 5.91 Å². The lowest BCUT2D eigenvalue weighted by Gasteiger charge is -2.25. The van der Waals surface area contributed by atoms with E-state index in [-0.39, 0.29) is 17.3 Å². The van der Waals surface area contributed by atoms with E-state index in [4.69, 9.17) is 11.6 Å². The van der Waals surface area contributed by atoms with Gasteiger partial charge in [-0.2, -0.15) is 0 Å². The Kier molecular flexibility index (Phi) is 3.78. The number of rotatable bonds is 2. The van der Waals surface area contributed by atoms with Gasteiger partial charge in [0.1, 0.15) is 0 Å². The average Bonchev–Trinajstić information content (AvgIpc) is 2.33. The molecule has 1 saturated carbocycles. The third-order valence-electron chi connectivity index (χ3n) is 2.93. The summed E-state index contributed by atoms with van der Waals surface area (Å²) in [6.45, 7) is 0. The molecule has 0 atom stereocenters. The van der Waals surface area contributed by atoms with E-state index < -0.39 is 0 Å². The molecule has 0 bridgehead atoms. The van der Waals surface area contributed by atoms with Gasteiger partial charge in [0.15, 0.2) is 0 Å². The molecule has 0 spiro atoms. The molecule has 2 rings (SSSR count). The van der Waals surface area contributed by atoms with Gasteiger partial charge in [-0.1, -0.05) is 0 Å². The maximum Gasteiger partial charge on any atom is 0.251 e. The maximum atomic E-state index is 11.8. The fourth-order valence-electron chi connectivity index (χ4n) is 1.97. The molecule has 0 radical (unpaired) electrons. The fraction of sp³-hybridized carbons (Fsp3) is 0.500. The molecule has 16 heavy (non-hydrogen) atoms. The summed E-state index contributed by atoms with van der Waals surface area (Å²) in [5, 5.41) is 3.32. The van der Waals surface area contributed by atoms with Gasteiger partial charge in [-0.15, -0.1) is 11.6 Å². The van der Waals surface area contributed by atoms with E-state index in [1.807, 2.05) is 0 Å². The van der Waals surface area contributed by atoms with Crippen LogP contribution >= 0.6 is 11.6 Å². The van der Waals surface area contributed by atoms with Crippen molar-refractivity contribution in [2.24, 2.45) is 0 Å². The number of hydrogen-bond acceptors (Lipinski definition) is 2. The van der Waals surface area contributed by atoms with Gasteiger partial charge in [0.05, 0.1) is 0 Å². The Morgan fingerprint density at radius 2 is 1.88 bits per heavy atom. The Morgan fingerprint density at radius 1 is 1.25 bits per heavy atom. The highest BCUT2D eigenvalue weighted by atomic mass is 35.5. The standard InChI is InChI=1S/C12H15ClN2O/c13-10-1-3-11(4-2-10)15-12(16)9-5-7-14-8-6-9/h5-8,10-11H,1-4H2,(H,15,16). The summed E-state index contributed by atoms with van der Waals surface area (Å²) in [5.41, 5.74) is 0.669. The lowest BCUT2D eigenvalue weighted by Crippen LogP contribution is -2.37. The van der Waals surface area contributed by atoms with Crippen LogP contribution < -0.4 is 5.32 Å². The zero-order valence-electron chi connectivity index (χ0n) is 9.03. The molecular formula is C12H15ClN2O. The molecule has 1 N–H and O–H groups in total. The molecule has 0 aliphatic heterocycles. The van der Waals surface area contributed by atoms with E-state index in [0.717, 1.165) is 25.7 Å². The summed E-state index contributed by atoms with van der Waals surface area (Å²) in [6, 6.07) is 3.72. The van der Waals surface area contributed by atoms with Crippen molar-refractivity contribution >= 4 is 17.5 Å². The molecule has 1 heterocycles. The van der Waals surface area contributed by atoms with Crippen LogP contribution in [0.4, 0.5) is 0 Å². The number of nitrogens with zero attached hydrogens (tertiary/aromatic N) is 1. The van der Waals surface area contributed by atoms with Crippen molar-refractivity contribution in [2.75, 3.05) is 0 Å². The summed E-state index contributed by atoms with van der Waals surface area (Å²) in [7, 11) is 0. The number of carbonyl (C=O) groups excluding carboxylic acids is 1. The Hall–Kier alpha value is -1.09. The predicted molar refractivity (Wildman–Crippen MR) is 63.6 cm³/mol. The van der Waals surface area contributed by atoms with Crippen LogP contribution in [0, 0.1) is 0 Å². The molecule has 86 valence electrons. The van der Waals surface area contributed by atoms with Crippen molar-refractivity contribution in [3.8, 4) is 0 Å². The number of amides is 1. The predicted octanol–water partition coefficient (Wildman–Crippen LogP) is 2.36. The van der Waals surface area contributed by atoms with Crippen molar-refractivity contribution in [2.45, 2.75) is 37.1 Å². The Labute approximate surface area is 100 Å². The smallest absolute Gasteiger partial charge is 0.251 e. The van der Waals surface area contributed by atoms with Crippen LogP contribution in [-0.2, 0) is 0 Å². The number of pyridine rings is 1. The van der Waals surface area contributed by atoms with Gasteiger partial charge >= 0.3 is 0 Å². The van der Waals surface area contributed by atoms with Crippen LogP contribution in [0.3, 0.4) is 0 Å². The van der Waals surface area contributed by atoms with Gasteiger partial charge in [0, 0.05) is 29.4 Å². The summed E-state index contributed by atoms with van der Waals surface area (Å²) < 4.78 is 0. The van der Waals surface area contributed by atoms with Gasteiger partial charge in [-0.3, -0.25) is 9.78 Å². The Balaban J connectivity index is 1.88. The average molecular weight is 239 g/mol. The lowest BCUT2D eigenvalue weighted by molar-refractivity contribution is 0.0928. The minimum Gasteiger partial charge on any atom is -0.349 e. The molecular weight excluding hydrogens is 224 g/mol. The number of hydrogen-bond donors (Lipinski definition) is 1. The third-order valence-corrected chi connectivity index (χ3v) is 3.37. The topological polar surface area (TPSA) is 42.0 Å². The van der Waals surface area contributed by atoms with Crippen LogP contribution in [-0.4, -0.2) is 22.3 Å². The monoisotopic (exact) mass is 238 g/mol. The second kappa shape index (κ2) is 5.30. The molecule has 1 aliphatic carbocycles. The van der Waals surface area contributed by atoms with E-state index in [9.17, 15) is 4.79 Å². The zero-order chi connectivity index (χ0) is 11.4. The largest absolute Gasteiger partial charge is 0.349 e. The quantitative estimate of drug-likeness (QED) is 0.804. The van der Waals surface area contributed by atoms with Gasteiger partial charge < -0.3 is 5.32 Å². The highest BCUT2D eigenvalue weighted by molar-refractivity contribution is 6.20. The third kappa shape index (κ3) is 2.95. The van der Waals surface area contributed by atoms with Gasteiger partial charge in [-0.25, -0.2) is 0 Å². The van der Waals surface area contributed by atoms with Crippen LogP contribution in [0.1, 0.15) is 36.0 Å². The highest BCUT2D eigenvalue weighted by Gasteiger charge is 2.21. The van der Waals surface area contributed by atoms with E-state index >= 15 is 0 Å². The Morgan fingerprint density at radius 3 is 2.50 bits per heavy atom. The van der Waals surface area contributed by atoms with Gasteiger partial charge in [-0.05, 0) is 37.8 Å². The number of aromatic nitrogens is 1. The van der Waals surface area contributed by atoms with Crippen molar-refractivity contribution in [1.82, 2.24) is 10.3 Å². The summed E-state index contributed by atoms with van der Waals surface area (Å²) in [5.74, 6) is -0.0135. The molecule has 1 aliphatic rings. The Bertz CT molecular complexity index is 347. The molecule has 1 amide bonds. The summed E-state index contributed by atoms with van der Waals surface area (Å²) >= 11 is 6.01. The molecule has 0 aromatic carbocycles. The molecule has 1 aromatic heterocycles. The van der Waals surface area contributed by atoms with Gasteiger partial charge in [0.2, 0.25) is 0 Å². The SMILES string of the molecule is O=C(NC1CCC(Cl)CC1)c1ccncc1. The van der Waals surface area contributed by atoms with Crippen molar-refractivity contribution < 1.29 is 4.79 Å². The van der Waals surface area contributed by atoms with Crippen LogP contribution in [0.2, 0.25) is 0 Å². The molecule has 0 unspecified atom stereocenters.